The first-order valence-corrected chi connectivity index (χ1v) is 15.6. The Morgan fingerprint density at radius 3 is 2.38 bits per heavy atom. The van der Waals surface area contributed by atoms with E-state index in [0.29, 0.717) is 24.2 Å². The minimum absolute atomic E-state index is 0.00988. The molecule has 16 heteroatoms. The summed E-state index contributed by atoms with van der Waals surface area (Å²) in [6.07, 6.45) is 2.89. The second-order valence-electron chi connectivity index (χ2n) is 12.3. The van der Waals surface area contributed by atoms with Gasteiger partial charge in [0, 0.05) is 30.1 Å². The maximum atomic E-state index is 13.8. The Morgan fingerprint density at radius 1 is 1.13 bits per heavy atom. The van der Waals surface area contributed by atoms with Gasteiger partial charge in [-0.1, -0.05) is 6.07 Å². The number of amides is 2. The number of aryl methyl sites for hydroxylation is 1. The number of ether oxygens (including phenoxy) is 1. The van der Waals surface area contributed by atoms with Crippen LogP contribution in [0.15, 0.2) is 35.6 Å². The quantitative estimate of drug-likeness (QED) is 0.285. The summed E-state index contributed by atoms with van der Waals surface area (Å²) in [6, 6.07) is 6.34. The molecule has 2 N–H and O–H groups in total. The van der Waals surface area contributed by atoms with Gasteiger partial charge in [-0.05, 0) is 66.5 Å². The normalized spacial score (nSPS) is 15.6. The predicted molar refractivity (Wildman–Crippen MR) is 166 cm³/mol. The average molecular weight is 648 g/mol. The molecule has 0 unspecified atom stereocenters. The molecule has 0 bridgehead atoms. The monoisotopic (exact) mass is 647 g/mol. The van der Waals surface area contributed by atoms with Crippen molar-refractivity contribution in [1.29, 1.82) is 0 Å². The van der Waals surface area contributed by atoms with Gasteiger partial charge in [0.1, 0.15) is 23.2 Å². The smallest absolute Gasteiger partial charge is 0.477 e. The number of hydrogen-bond acceptors (Lipinski definition) is 11. The first-order chi connectivity index (χ1) is 22.2. The van der Waals surface area contributed by atoms with Gasteiger partial charge in [0.15, 0.2) is 24.0 Å². The van der Waals surface area contributed by atoms with Crippen molar-refractivity contribution < 1.29 is 36.6 Å². The number of phosphoric ester groups is 1. The molecule has 3 aromatic rings. The van der Waals surface area contributed by atoms with Gasteiger partial charge in [0.05, 0.1) is 23.9 Å². The third-order valence-electron chi connectivity index (χ3n) is 5.93. The Kier molecular flexibility index (Phi) is 8.74. The number of nitrogens with zero attached hydrogens (tertiary/aromatic N) is 6. The Bertz CT molecular complexity index is 1770. The Labute approximate surface area is 266 Å². The highest BCUT2D eigenvalue weighted by Crippen LogP contribution is 2.55. The molecule has 2 heterocycles. The maximum absolute atomic E-state index is 13.8. The zero-order valence-electron chi connectivity index (χ0n) is 29.6. The fraction of sp³-hybridized carbons (Fsp3) is 0.517. The van der Waals surface area contributed by atoms with Crippen LogP contribution in [-0.4, -0.2) is 61.6 Å². The number of phosphoric acid groups is 1. The topological polar surface area (TPSA) is 173 Å². The van der Waals surface area contributed by atoms with Crippen LogP contribution in [-0.2, 0) is 36.7 Å². The lowest BCUT2D eigenvalue weighted by atomic mass is 10.1. The summed E-state index contributed by atoms with van der Waals surface area (Å²) >= 11 is 0. The molecule has 0 saturated heterocycles. The summed E-state index contributed by atoms with van der Waals surface area (Å²) < 4.78 is 62.0. The van der Waals surface area contributed by atoms with Gasteiger partial charge in [-0.25, -0.2) is 19.2 Å². The van der Waals surface area contributed by atoms with Crippen LogP contribution >= 0.6 is 7.82 Å². The lowest BCUT2D eigenvalue weighted by Crippen LogP contribution is -2.32. The van der Waals surface area contributed by atoms with E-state index in [4.69, 9.17) is 22.4 Å². The number of rotatable bonds is 11. The van der Waals surface area contributed by atoms with E-state index in [2.05, 4.69) is 25.5 Å². The number of aromatic nitrogens is 5. The number of anilines is 1. The van der Waals surface area contributed by atoms with Crippen molar-refractivity contribution in [3.8, 4) is 17.1 Å². The van der Waals surface area contributed by atoms with Crippen molar-refractivity contribution in [1.82, 2.24) is 29.9 Å². The average Bonchev–Trinajstić information content (AvgIpc) is 3.69. The summed E-state index contributed by atoms with van der Waals surface area (Å²) in [5.74, 6) is -1.05. The van der Waals surface area contributed by atoms with E-state index >= 15 is 0 Å². The third kappa shape index (κ3) is 9.07. The first-order valence-electron chi connectivity index (χ1n) is 15.6. The fourth-order valence-electron chi connectivity index (χ4n) is 4.04. The van der Waals surface area contributed by atoms with Crippen LogP contribution in [0, 0.1) is 5.92 Å². The molecule has 244 valence electrons. The molecule has 0 aliphatic heterocycles. The van der Waals surface area contributed by atoms with Crippen LogP contribution in [0.5, 0.6) is 5.75 Å². The zero-order valence-corrected chi connectivity index (χ0v) is 27.5. The summed E-state index contributed by atoms with van der Waals surface area (Å²) in [6.45, 7) is 6.50. The van der Waals surface area contributed by atoms with Gasteiger partial charge >= 0.3 is 7.82 Å². The zero-order chi connectivity index (χ0) is 35.7. The second kappa shape index (κ2) is 13.2. The van der Waals surface area contributed by atoms with Crippen molar-refractivity contribution in [2.75, 3.05) is 19.4 Å². The Hall–Kier alpha value is -3.91. The molecule has 15 nitrogen and oxygen atoms in total. The van der Waals surface area contributed by atoms with E-state index in [1.807, 2.05) is 5.32 Å². The van der Waals surface area contributed by atoms with Crippen molar-refractivity contribution >= 4 is 31.1 Å². The second-order valence-corrected chi connectivity index (χ2v) is 13.8. The fourth-order valence-corrected chi connectivity index (χ4v) is 5.78. The number of para-hydroxylation sites is 1. The van der Waals surface area contributed by atoms with Crippen molar-refractivity contribution in [2.24, 2.45) is 18.0 Å². The van der Waals surface area contributed by atoms with E-state index in [-0.39, 0.29) is 34.4 Å². The molecule has 45 heavy (non-hydrogen) atoms. The molecular weight excluding hydrogens is 603 g/mol. The Morgan fingerprint density at radius 2 is 1.82 bits per heavy atom. The summed E-state index contributed by atoms with van der Waals surface area (Å²) in [4.78, 5) is 35.3. The molecule has 1 aromatic carbocycles. The molecule has 2 amide bonds. The minimum atomic E-state index is -4.29. The van der Waals surface area contributed by atoms with Gasteiger partial charge in [-0.15, -0.1) is 0 Å². The number of benzene rings is 1. The lowest BCUT2D eigenvalue weighted by Gasteiger charge is -2.31. The molecule has 0 spiro atoms. The standard InChI is InChI=1S/C29H41N8O7P/c1-28(2,3)43-45(40,44-29(4,5)6)42-17-37-22(33-26(38)18-13-14-18)15-21(23(34-37)27(39)30-7)32-20-12-10-11-19(24(20)41-9)25-31-16-36(8)35-25/h10-12,15-16,18H,13-14,17H2,1-9H3,(H,30,39)(H,33,38)/i7D3. The maximum Gasteiger partial charge on any atom is 0.477 e. The van der Waals surface area contributed by atoms with E-state index in [0.717, 1.165) is 4.68 Å². The SMILES string of the molecule is [2H]C([2H])([2H])NC(=O)c1nn(COP(=O)(OC(C)(C)C)OC(C)(C)C)c(NC(=O)C2CC2)cc1=Nc1cccc(-c2ncn(C)n2)c1OC. The molecular formula is C29H41N8O7P. The predicted octanol–water partition coefficient (Wildman–Crippen LogP) is 4.34. The number of nitrogens with one attached hydrogen (secondary N) is 2. The van der Waals surface area contributed by atoms with Crippen molar-refractivity contribution in [2.45, 2.75) is 72.3 Å². The van der Waals surface area contributed by atoms with Gasteiger partial charge in [-0.3, -0.25) is 27.8 Å². The molecule has 0 radical (unpaired) electrons. The van der Waals surface area contributed by atoms with Gasteiger partial charge < -0.3 is 15.4 Å². The van der Waals surface area contributed by atoms with Gasteiger partial charge in [-0.2, -0.15) is 10.2 Å². The van der Waals surface area contributed by atoms with Gasteiger partial charge in [0.2, 0.25) is 5.91 Å². The summed E-state index contributed by atoms with van der Waals surface area (Å²) in [7, 11) is -1.15. The Balaban J connectivity index is 1.90. The van der Waals surface area contributed by atoms with Crippen molar-refractivity contribution in [3.05, 3.63) is 41.6 Å². The highest BCUT2D eigenvalue weighted by Gasteiger charge is 2.38. The van der Waals surface area contributed by atoms with Crippen LogP contribution < -0.4 is 20.7 Å². The molecule has 1 aliphatic rings. The number of carbonyl (C=O) groups is 2. The van der Waals surface area contributed by atoms with E-state index < -0.39 is 44.3 Å². The van der Waals surface area contributed by atoms with E-state index in [1.165, 1.54) is 24.2 Å². The van der Waals surface area contributed by atoms with Crippen molar-refractivity contribution in [3.63, 3.8) is 0 Å². The van der Waals surface area contributed by atoms with Crippen LogP contribution in [0.25, 0.3) is 11.4 Å². The molecule has 1 aliphatic carbocycles. The number of carbonyl (C=O) groups excluding carboxylic acids is 2. The molecule has 0 atom stereocenters. The third-order valence-corrected chi connectivity index (χ3v) is 7.91. The highest BCUT2D eigenvalue weighted by atomic mass is 31.2. The van der Waals surface area contributed by atoms with E-state index in [1.54, 1.807) is 66.8 Å². The first kappa shape index (κ1) is 29.8. The largest absolute Gasteiger partial charge is 0.494 e. The van der Waals surface area contributed by atoms with E-state index in [9.17, 15) is 14.2 Å². The van der Waals surface area contributed by atoms with Crippen LogP contribution in [0.2, 0.25) is 0 Å². The molecule has 2 aromatic heterocycles. The molecule has 1 fully saturated rings. The number of methoxy groups -OCH3 is 1. The highest BCUT2D eigenvalue weighted by molar-refractivity contribution is 7.48. The van der Waals surface area contributed by atoms with Gasteiger partial charge in [0.25, 0.3) is 5.91 Å². The summed E-state index contributed by atoms with van der Waals surface area (Å²) in [5, 5.41) is 13.2. The van der Waals surface area contributed by atoms with Crippen LogP contribution in [0.4, 0.5) is 11.5 Å². The number of hydrogen-bond donors (Lipinski definition) is 2. The lowest BCUT2D eigenvalue weighted by molar-refractivity contribution is -0.117. The summed E-state index contributed by atoms with van der Waals surface area (Å²) in [5.41, 5.74) is -1.63. The molecule has 4 rings (SSSR count). The van der Waals surface area contributed by atoms with Crippen LogP contribution in [0.3, 0.4) is 0 Å². The van der Waals surface area contributed by atoms with Crippen LogP contribution in [0.1, 0.15) is 69.0 Å². The molecule has 1 saturated carbocycles. The minimum Gasteiger partial charge on any atom is -0.494 e.